The van der Waals surface area contributed by atoms with Gasteiger partial charge < -0.3 is 9.47 Å². The summed E-state index contributed by atoms with van der Waals surface area (Å²) in [5.74, 6) is -5.05. The van der Waals surface area contributed by atoms with Crippen molar-refractivity contribution < 1.29 is 35.1 Å². The average molecular weight is 512 g/mol. The molecule has 0 saturated carbocycles. The molecule has 1 aliphatic rings. The van der Waals surface area contributed by atoms with Gasteiger partial charge >= 0.3 is 18.3 Å². The Morgan fingerprint density at radius 1 is 0.943 bits per heavy atom. The highest BCUT2D eigenvalue weighted by Gasteiger charge is 2.58. The molecule has 35 heavy (non-hydrogen) atoms. The topological polar surface area (TPSA) is 24.3 Å². The van der Waals surface area contributed by atoms with Gasteiger partial charge in [0.1, 0.15) is 0 Å². The first-order valence-electron chi connectivity index (χ1n) is 11.3. The highest BCUT2D eigenvalue weighted by atomic mass is 19.4. The van der Waals surface area contributed by atoms with Gasteiger partial charge in [0, 0.05) is 25.3 Å². The van der Waals surface area contributed by atoms with Crippen LogP contribution >= 0.6 is 0 Å². The maximum absolute atomic E-state index is 14.0. The van der Waals surface area contributed by atoms with Gasteiger partial charge in [0.15, 0.2) is 5.69 Å². The minimum Gasteiger partial charge on any atom is -0.312 e. The lowest BCUT2D eigenvalue weighted by Crippen LogP contribution is -2.47. The molecule has 0 amide bonds. The van der Waals surface area contributed by atoms with Crippen LogP contribution in [-0.2, 0) is 19.3 Å². The summed E-state index contributed by atoms with van der Waals surface area (Å²) >= 11 is 0. The molecule has 1 aliphatic heterocycles. The lowest BCUT2D eigenvalue weighted by atomic mass is 10.0. The first-order valence-corrected chi connectivity index (χ1v) is 11.3. The zero-order chi connectivity index (χ0) is 26.3. The maximum Gasteiger partial charge on any atom is 0.454 e. The minimum atomic E-state index is -5.81. The van der Waals surface area contributed by atoms with E-state index in [-0.39, 0.29) is 25.5 Å². The smallest absolute Gasteiger partial charge is 0.312 e. The molecule has 0 bridgehead atoms. The van der Waals surface area contributed by atoms with Crippen molar-refractivity contribution in [2.45, 2.75) is 71.9 Å². The number of hydrogen-bond acceptors (Lipinski definition) is 3. The zero-order valence-electron chi connectivity index (χ0n) is 19.9. The Labute approximate surface area is 198 Å². The first-order chi connectivity index (χ1) is 16.1. The monoisotopic (exact) mass is 512 g/mol. The number of benzene rings is 1. The van der Waals surface area contributed by atoms with Crippen LogP contribution in [0.1, 0.15) is 47.8 Å². The molecule has 4 nitrogen and oxygen atoms in total. The van der Waals surface area contributed by atoms with Crippen molar-refractivity contribution in [3.63, 3.8) is 0 Å². The van der Waals surface area contributed by atoms with Gasteiger partial charge in [-0.15, -0.1) is 0 Å². The van der Waals surface area contributed by atoms with Crippen molar-refractivity contribution in [2.24, 2.45) is 0 Å². The molecule has 1 aromatic heterocycles. The van der Waals surface area contributed by atoms with Crippen LogP contribution in [0.4, 0.5) is 46.8 Å². The predicted octanol–water partition coefficient (Wildman–Crippen LogP) is 6.78. The molecule has 0 N–H and O–H groups in total. The highest BCUT2D eigenvalue weighted by molar-refractivity contribution is 5.68. The van der Waals surface area contributed by atoms with E-state index in [9.17, 15) is 35.1 Å². The normalized spacial score (nSPS) is 15.2. The van der Waals surface area contributed by atoms with Crippen molar-refractivity contribution >= 4 is 11.6 Å². The molecule has 196 valence electrons. The van der Waals surface area contributed by atoms with Crippen molar-refractivity contribution in [2.75, 3.05) is 24.5 Å². The number of imidazole rings is 1. The minimum absolute atomic E-state index is 0.00709. The number of aryl methyl sites for hydroxylation is 3. The summed E-state index contributed by atoms with van der Waals surface area (Å²) in [6.45, 7) is 4.97. The van der Waals surface area contributed by atoms with Crippen LogP contribution in [0.2, 0.25) is 0 Å². The van der Waals surface area contributed by atoms with Crippen molar-refractivity contribution in [1.29, 1.82) is 0 Å². The lowest BCUT2D eigenvalue weighted by molar-refractivity contribution is -0.287. The van der Waals surface area contributed by atoms with Crippen LogP contribution in [-0.4, -0.2) is 46.2 Å². The fraction of sp³-hybridized carbons (Fsp3) is 0.609. The van der Waals surface area contributed by atoms with Crippen LogP contribution in [0.5, 0.6) is 0 Å². The summed E-state index contributed by atoms with van der Waals surface area (Å²) < 4.78 is 109. The quantitative estimate of drug-likeness (QED) is 0.383. The standard InChI is InChI=1S/C23H28F8N4/c1-5-7-33(13-21(24,25)23(29,30)31)12-17-19(22(26,27)28)32-20-34(17)8-6-9-35(20)18-15(3)10-14(2)11-16(18)4/h10-11H,5-9,12-13H2,1-4H3. The molecule has 0 fully saturated rings. The van der Waals surface area contributed by atoms with E-state index in [2.05, 4.69) is 4.98 Å². The van der Waals surface area contributed by atoms with Gasteiger partial charge in [-0.25, -0.2) is 4.98 Å². The Bertz CT molecular complexity index is 1030. The van der Waals surface area contributed by atoms with E-state index in [0.717, 1.165) is 16.7 Å². The molecule has 0 spiro atoms. The van der Waals surface area contributed by atoms with Gasteiger partial charge in [-0.05, 0) is 51.3 Å². The Balaban J connectivity index is 2.10. The van der Waals surface area contributed by atoms with Crippen LogP contribution in [0.15, 0.2) is 12.1 Å². The molecule has 0 atom stereocenters. The number of nitrogens with zero attached hydrogens (tertiary/aromatic N) is 4. The van der Waals surface area contributed by atoms with E-state index in [4.69, 9.17) is 0 Å². The van der Waals surface area contributed by atoms with Crippen molar-refractivity contribution in [3.8, 4) is 0 Å². The third kappa shape index (κ3) is 5.57. The van der Waals surface area contributed by atoms with E-state index >= 15 is 0 Å². The zero-order valence-corrected chi connectivity index (χ0v) is 19.9. The molecule has 2 heterocycles. The molecule has 0 radical (unpaired) electrons. The largest absolute Gasteiger partial charge is 0.454 e. The Morgan fingerprint density at radius 3 is 2.06 bits per heavy atom. The maximum atomic E-state index is 14.0. The van der Waals surface area contributed by atoms with Crippen molar-refractivity contribution in [3.05, 3.63) is 40.2 Å². The van der Waals surface area contributed by atoms with Gasteiger partial charge in [-0.3, -0.25) is 4.90 Å². The van der Waals surface area contributed by atoms with E-state index in [1.807, 2.05) is 32.9 Å². The van der Waals surface area contributed by atoms with Crippen LogP contribution in [0, 0.1) is 20.8 Å². The summed E-state index contributed by atoms with van der Waals surface area (Å²) in [5.41, 5.74) is 1.69. The second kappa shape index (κ2) is 9.59. The predicted molar refractivity (Wildman–Crippen MR) is 116 cm³/mol. The number of rotatable bonds is 7. The van der Waals surface area contributed by atoms with E-state index < -0.39 is 42.8 Å². The molecule has 2 aromatic rings. The van der Waals surface area contributed by atoms with Crippen molar-refractivity contribution in [1.82, 2.24) is 14.5 Å². The average Bonchev–Trinajstić information content (AvgIpc) is 3.06. The molecule has 12 heteroatoms. The van der Waals surface area contributed by atoms with Crippen LogP contribution < -0.4 is 4.90 Å². The summed E-state index contributed by atoms with van der Waals surface area (Å²) in [5, 5.41) is 0. The molecule has 3 rings (SSSR count). The fourth-order valence-electron chi connectivity index (χ4n) is 4.71. The summed E-state index contributed by atoms with van der Waals surface area (Å²) in [6, 6.07) is 3.80. The summed E-state index contributed by atoms with van der Waals surface area (Å²) in [6.07, 6.45) is -10.1. The molecule has 1 aromatic carbocycles. The van der Waals surface area contributed by atoms with Crippen LogP contribution in [0.25, 0.3) is 0 Å². The van der Waals surface area contributed by atoms with Gasteiger partial charge in [0.05, 0.1) is 12.2 Å². The number of halogens is 8. The number of fused-ring (bicyclic) bond motifs is 1. The number of aromatic nitrogens is 2. The molecule has 0 unspecified atom stereocenters. The summed E-state index contributed by atoms with van der Waals surface area (Å²) in [7, 11) is 0. The fourth-order valence-corrected chi connectivity index (χ4v) is 4.71. The van der Waals surface area contributed by atoms with E-state index in [1.54, 1.807) is 11.8 Å². The third-order valence-corrected chi connectivity index (χ3v) is 5.98. The van der Waals surface area contributed by atoms with Gasteiger partial charge in [0.2, 0.25) is 5.95 Å². The van der Waals surface area contributed by atoms with E-state index in [0.29, 0.717) is 23.6 Å². The molecule has 0 aliphatic carbocycles. The highest BCUT2D eigenvalue weighted by Crippen LogP contribution is 2.41. The number of alkyl halides is 8. The van der Waals surface area contributed by atoms with Gasteiger partial charge in [-0.2, -0.15) is 35.1 Å². The van der Waals surface area contributed by atoms with Gasteiger partial charge in [-0.1, -0.05) is 24.6 Å². The van der Waals surface area contributed by atoms with Crippen LogP contribution in [0.3, 0.4) is 0 Å². The Hall–Kier alpha value is -2.37. The second-order valence-electron chi connectivity index (χ2n) is 9.02. The molecular weight excluding hydrogens is 484 g/mol. The lowest BCUT2D eigenvalue weighted by Gasteiger charge is -2.33. The Kier molecular flexibility index (Phi) is 7.46. The number of hydrogen-bond donors (Lipinski definition) is 0. The SMILES string of the molecule is CCCN(Cc1c(C(F)(F)F)nc2n1CCCN2c1c(C)cc(C)cc1C)CC(F)(F)C(F)(F)F. The number of anilines is 2. The molecular formula is C23H28F8N4. The second-order valence-corrected chi connectivity index (χ2v) is 9.02. The molecule has 0 saturated heterocycles. The van der Waals surface area contributed by atoms with Gasteiger partial charge in [0.25, 0.3) is 0 Å². The third-order valence-electron chi connectivity index (χ3n) is 5.98. The summed E-state index contributed by atoms with van der Waals surface area (Å²) in [4.78, 5) is 6.25. The Morgan fingerprint density at radius 2 is 1.54 bits per heavy atom. The van der Waals surface area contributed by atoms with E-state index in [1.165, 1.54) is 4.57 Å². The first kappa shape index (κ1) is 27.2.